The predicted molar refractivity (Wildman–Crippen MR) is 105 cm³/mol. The summed E-state index contributed by atoms with van der Waals surface area (Å²) in [6.07, 6.45) is 8.71. The van der Waals surface area contributed by atoms with E-state index in [1.807, 2.05) is 11.4 Å². The Morgan fingerprint density at radius 1 is 1.25 bits per heavy atom. The first-order chi connectivity index (χ1) is 13.8. The molecule has 1 aliphatic rings. The van der Waals surface area contributed by atoms with Crippen molar-refractivity contribution >= 4 is 28.7 Å². The van der Waals surface area contributed by atoms with Gasteiger partial charge in [0.15, 0.2) is 5.65 Å². The Morgan fingerprint density at radius 2 is 2.14 bits per heavy atom. The zero-order valence-corrected chi connectivity index (χ0v) is 15.8. The SMILES string of the molecule is O=C(Nc1cc(C2CCNCC2)nn1-c1nccs1)c1cnn2cccnc12. The highest BCUT2D eigenvalue weighted by Gasteiger charge is 2.23. The lowest BCUT2D eigenvalue weighted by atomic mass is 9.95. The molecule has 0 unspecified atom stereocenters. The molecule has 10 heteroatoms. The Balaban J connectivity index is 1.49. The molecular formula is C18H18N8OS. The number of thiazole rings is 1. The van der Waals surface area contributed by atoms with Gasteiger partial charge >= 0.3 is 0 Å². The number of fused-ring (bicyclic) bond motifs is 1. The molecule has 5 heterocycles. The zero-order valence-electron chi connectivity index (χ0n) is 14.9. The van der Waals surface area contributed by atoms with Crippen LogP contribution < -0.4 is 10.6 Å². The molecule has 0 bridgehead atoms. The van der Waals surface area contributed by atoms with E-state index in [1.54, 1.807) is 33.9 Å². The number of anilines is 1. The van der Waals surface area contributed by atoms with Crippen LogP contribution in [0.15, 0.2) is 42.3 Å². The van der Waals surface area contributed by atoms with Gasteiger partial charge in [-0.1, -0.05) is 0 Å². The predicted octanol–water partition coefficient (Wildman–Crippen LogP) is 2.09. The number of carbonyl (C=O) groups excluding carboxylic acids is 1. The molecule has 1 aliphatic heterocycles. The minimum Gasteiger partial charge on any atom is -0.317 e. The van der Waals surface area contributed by atoms with Crippen molar-refractivity contribution in [3.63, 3.8) is 0 Å². The highest BCUT2D eigenvalue weighted by atomic mass is 32.1. The smallest absolute Gasteiger partial charge is 0.262 e. The number of hydrogen-bond donors (Lipinski definition) is 2. The average molecular weight is 394 g/mol. The van der Waals surface area contributed by atoms with Crippen molar-refractivity contribution in [1.82, 2.24) is 34.7 Å². The van der Waals surface area contributed by atoms with Crippen LogP contribution in [0.3, 0.4) is 0 Å². The first-order valence-electron chi connectivity index (χ1n) is 9.10. The number of nitrogens with one attached hydrogen (secondary N) is 2. The first-order valence-corrected chi connectivity index (χ1v) is 9.98. The summed E-state index contributed by atoms with van der Waals surface area (Å²) in [5, 5.41) is 17.9. The molecule has 5 rings (SSSR count). The van der Waals surface area contributed by atoms with Gasteiger partial charge in [-0.15, -0.1) is 11.3 Å². The van der Waals surface area contributed by atoms with E-state index in [0.29, 0.717) is 28.1 Å². The fraction of sp³-hybridized carbons (Fsp3) is 0.278. The monoisotopic (exact) mass is 394 g/mol. The number of amides is 1. The molecule has 4 aromatic heterocycles. The summed E-state index contributed by atoms with van der Waals surface area (Å²) in [6.45, 7) is 1.95. The normalized spacial score (nSPS) is 15.1. The van der Waals surface area contributed by atoms with E-state index in [-0.39, 0.29) is 5.91 Å². The van der Waals surface area contributed by atoms with E-state index in [9.17, 15) is 4.79 Å². The van der Waals surface area contributed by atoms with Crippen molar-refractivity contribution in [2.45, 2.75) is 18.8 Å². The molecular weight excluding hydrogens is 376 g/mol. The number of rotatable bonds is 4. The summed E-state index contributed by atoms with van der Waals surface area (Å²) in [7, 11) is 0. The van der Waals surface area contributed by atoms with Crippen LogP contribution in [0, 0.1) is 0 Å². The Hall–Kier alpha value is -3.11. The molecule has 1 fully saturated rings. The third-order valence-electron chi connectivity index (χ3n) is 4.85. The van der Waals surface area contributed by atoms with E-state index in [4.69, 9.17) is 5.10 Å². The Kier molecular flexibility index (Phi) is 4.34. The van der Waals surface area contributed by atoms with Crippen molar-refractivity contribution in [3.8, 4) is 5.13 Å². The highest BCUT2D eigenvalue weighted by molar-refractivity contribution is 7.12. The molecule has 0 atom stereocenters. The largest absolute Gasteiger partial charge is 0.317 e. The van der Waals surface area contributed by atoms with Gasteiger partial charge in [-0.2, -0.15) is 14.9 Å². The van der Waals surface area contributed by atoms with E-state index >= 15 is 0 Å². The van der Waals surface area contributed by atoms with E-state index < -0.39 is 0 Å². The van der Waals surface area contributed by atoms with Crippen molar-refractivity contribution in [2.24, 2.45) is 0 Å². The molecule has 9 nitrogen and oxygen atoms in total. The first kappa shape index (κ1) is 17.0. The number of piperidine rings is 1. The minimum atomic E-state index is -0.275. The van der Waals surface area contributed by atoms with Crippen molar-refractivity contribution in [1.29, 1.82) is 0 Å². The molecule has 0 aromatic carbocycles. The molecule has 1 saturated heterocycles. The third-order valence-corrected chi connectivity index (χ3v) is 5.60. The summed E-state index contributed by atoms with van der Waals surface area (Å²) >= 11 is 1.47. The van der Waals surface area contributed by atoms with Crippen LogP contribution in [0.25, 0.3) is 10.8 Å². The van der Waals surface area contributed by atoms with E-state index in [1.165, 1.54) is 17.5 Å². The van der Waals surface area contributed by atoms with Crippen LogP contribution in [0.1, 0.15) is 34.8 Å². The number of hydrogen-bond acceptors (Lipinski definition) is 7. The molecule has 142 valence electrons. The Morgan fingerprint density at radius 3 is 2.96 bits per heavy atom. The Bertz CT molecular complexity index is 1110. The van der Waals surface area contributed by atoms with Gasteiger partial charge in [0.1, 0.15) is 11.4 Å². The van der Waals surface area contributed by atoms with Crippen LogP contribution in [0.2, 0.25) is 0 Å². The third kappa shape index (κ3) is 3.06. The lowest BCUT2D eigenvalue weighted by Gasteiger charge is -2.20. The molecule has 0 aliphatic carbocycles. The second kappa shape index (κ2) is 7.13. The zero-order chi connectivity index (χ0) is 18.9. The maximum absolute atomic E-state index is 12.9. The summed E-state index contributed by atoms with van der Waals surface area (Å²) in [6, 6.07) is 3.72. The molecule has 0 radical (unpaired) electrons. The average Bonchev–Trinajstić information content (AvgIpc) is 3.47. The van der Waals surface area contributed by atoms with E-state index in [2.05, 4.69) is 25.7 Å². The standard InChI is InChI=1S/C18H18N8OS/c27-17(13-11-22-25-8-1-4-20-16(13)25)23-15-10-14(12-2-5-19-6-3-12)24-26(15)18-21-7-9-28-18/h1,4,7-12,19H,2-3,5-6H2,(H,23,27). The topological polar surface area (TPSA) is 102 Å². The van der Waals surface area contributed by atoms with Gasteiger partial charge in [0.25, 0.3) is 5.91 Å². The van der Waals surface area contributed by atoms with Gasteiger partial charge in [0.2, 0.25) is 5.13 Å². The van der Waals surface area contributed by atoms with E-state index in [0.717, 1.165) is 31.6 Å². The van der Waals surface area contributed by atoms with Crippen LogP contribution in [0.5, 0.6) is 0 Å². The van der Waals surface area contributed by atoms with Crippen LogP contribution in [-0.4, -0.2) is 48.4 Å². The van der Waals surface area contributed by atoms with Gasteiger partial charge in [0, 0.05) is 36.0 Å². The van der Waals surface area contributed by atoms with Crippen LogP contribution >= 0.6 is 11.3 Å². The van der Waals surface area contributed by atoms with Gasteiger partial charge in [-0.05, 0) is 32.0 Å². The number of carbonyl (C=O) groups is 1. The fourth-order valence-electron chi connectivity index (χ4n) is 3.44. The van der Waals surface area contributed by atoms with Gasteiger partial charge in [-0.3, -0.25) is 4.79 Å². The molecule has 0 spiro atoms. The molecule has 28 heavy (non-hydrogen) atoms. The highest BCUT2D eigenvalue weighted by Crippen LogP contribution is 2.29. The molecule has 2 N–H and O–H groups in total. The van der Waals surface area contributed by atoms with Crippen molar-refractivity contribution < 1.29 is 4.79 Å². The molecule has 0 saturated carbocycles. The van der Waals surface area contributed by atoms with Gasteiger partial charge in [-0.25, -0.2) is 14.5 Å². The summed E-state index contributed by atoms with van der Waals surface area (Å²) in [4.78, 5) is 21.5. The molecule has 4 aromatic rings. The second-order valence-corrected chi connectivity index (χ2v) is 7.48. The number of aromatic nitrogens is 6. The summed E-state index contributed by atoms with van der Waals surface area (Å²) in [5.74, 6) is 0.698. The van der Waals surface area contributed by atoms with Gasteiger partial charge in [0.05, 0.1) is 11.9 Å². The van der Waals surface area contributed by atoms with Crippen molar-refractivity contribution in [2.75, 3.05) is 18.4 Å². The summed E-state index contributed by atoms with van der Waals surface area (Å²) in [5.41, 5.74) is 1.90. The Labute approximate surface area is 164 Å². The quantitative estimate of drug-likeness (QED) is 0.550. The lowest BCUT2D eigenvalue weighted by Crippen LogP contribution is -2.26. The summed E-state index contributed by atoms with van der Waals surface area (Å²) < 4.78 is 3.28. The van der Waals surface area contributed by atoms with Crippen LogP contribution in [-0.2, 0) is 0 Å². The maximum atomic E-state index is 12.9. The maximum Gasteiger partial charge on any atom is 0.262 e. The fourth-order valence-corrected chi connectivity index (χ4v) is 4.05. The van der Waals surface area contributed by atoms with Crippen LogP contribution in [0.4, 0.5) is 5.82 Å². The molecule has 1 amide bonds. The second-order valence-electron chi connectivity index (χ2n) is 6.61. The number of nitrogens with zero attached hydrogens (tertiary/aromatic N) is 6. The van der Waals surface area contributed by atoms with Crippen molar-refractivity contribution in [3.05, 3.63) is 53.6 Å². The minimum absolute atomic E-state index is 0.275. The lowest BCUT2D eigenvalue weighted by molar-refractivity contribution is 0.102. The van der Waals surface area contributed by atoms with Gasteiger partial charge < -0.3 is 10.6 Å².